The van der Waals surface area contributed by atoms with Crippen LogP contribution in [0.15, 0.2) is 40.0 Å². The molecule has 0 saturated heterocycles. The minimum absolute atomic E-state index is 0.0118. The second-order valence-corrected chi connectivity index (χ2v) is 12.3. The fourth-order valence-electron chi connectivity index (χ4n) is 3.80. The van der Waals surface area contributed by atoms with Crippen LogP contribution in [-0.4, -0.2) is 48.5 Å². The minimum Gasteiger partial charge on any atom is -0.497 e. The minimum atomic E-state index is -3.44. The van der Waals surface area contributed by atoms with E-state index in [1.165, 1.54) is 30.2 Å². The Balaban J connectivity index is 1.52. The monoisotopic (exact) mass is 550 g/mol. The van der Waals surface area contributed by atoms with Gasteiger partial charge in [-0.15, -0.1) is 0 Å². The topological polar surface area (TPSA) is 155 Å². The number of nitrogens with zero attached hydrogens (tertiary/aromatic N) is 2. The number of H-pyrrole nitrogens is 1. The average Bonchev–Trinajstić information content (AvgIpc) is 3.60. The first-order chi connectivity index (χ1) is 17.2. The standard InChI is InChI=1S/C22H26N6O5S3/c1-33-14-7-8-16(15(11-14)18(29)13-5-3-4-6-13)26-20(30)28-22-27-17(12-25-36(2,31)32)19(35-22)34-21-23-9-10-24-21/h7-11,13,25H,3-6,12H2,1-2H3,(H,23,24)(H2,26,27,28,30). The van der Waals surface area contributed by atoms with Crippen molar-refractivity contribution in [3.63, 3.8) is 0 Å². The fraction of sp³-hybridized carbons (Fsp3) is 0.364. The van der Waals surface area contributed by atoms with Gasteiger partial charge in [0.2, 0.25) is 10.0 Å². The number of amides is 2. The number of imidazole rings is 1. The van der Waals surface area contributed by atoms with E-state index in [4.69, 9.17) is 4.74 Å². The predicted molar refractivity (Wildman–Crippen MR) is 138 cm³/mol. The van der Waals surface area contributed by atoms with Gasteiger partial charge in [-0.3, -0.25) is 10.1 Å². The number of aromatic amines is 1. The van der Waals surface area contributed by atoms with Crippen LogP contribution in [0, 0.1) is 5.92 Å². The number of ether oxygens (including phenoxy) is 1. The predicted octanol–water partition coefficient (Wildman–Crippen LogP) is 4.09. The van der Waals surface area contributed by atoms with E-state index in [0.717, 1.165) is 31.9 Å². The van der Waals surface area contributed by atoms with Crippen molar-refractivity contribution in [2.75, 3.05) is 24.0 Å². The molecule has 1 aliphatic rings. The average molecular weight is 551 g/mol. The Bertz CT molecular complexity index is 1330. The molecule has 11 nitrogen and oxygen atoms in total. The lowest BCUT2D eigenvalue weighted by Crippen LogP contribution is -2.23. The van der Waals surface area contributed by atoms with E-state index < -0.39 is 16.1 Å². The number of methoxy groups -OCH3 is 1. The molecule has 2 amide bonds. The van der Waals surface area contributed by atoms with Crippen LogP contribution in [0.2, 0.25) is 0 Å². The molecule has 0 atom stereocenters. The van der Waals surface area contributed by atoms with Crippen LogP contribution in [-0.2, 0) is 16.6 Å². The van der Waals surface area contributed by atoms with Gasteiger partial charge in [-0.2, -0.15) is 0 Å². The van der Waals surface area contributed by atoms with Gasteiger partial charge in [-0.1, -0.05) is 24.2 Å². The lowest BCUT2D eigenvalue weighted by Gasteiger charge is -2.15. The molecular weight excluding hydrogens is 524 g/mol. The van der Waals surface area contributed by atoms with Crippen molar-refractivity contribution in [1.29, 1.82) is 0 Å². The highest BCUT2D eigenvalue weighted by atomic mass is 32.2. The van der Waals surface area contributed by atoms with Crippen molar-refractivity contribution < 1.29 is 22.7 Å². The number of thiazole rings is 1. The van der Waals surface area contributed by atoms with E-state index >= 15 is 0 Å². The van der Waals surface area contributed by atoms with Gasteiger partial charge in [0.1, 0.15) is 5.75 Å². The third-order valence-electron chi connectivity index (χ3n) is 5.51. The summed E-state index contributed by atoms with van der Waals surface area (Å²) in [5.74, 6) is 0.456. The van der Waals surface area contributed by atoms with E-state index in [2.05, 4.69) is 30.3 Å². The zero-order chi connectivity index (χ0) is 25.7. The zero-order valence-corrected chi connectivity index (χ0v) is 22.1. The van der Waals surface area contributed by atoms with E-state index in [-0.39, 0.29) is 23.4 Å². The lowest BCUT2D eigenvalue weighted by atomic mass is 9.95. The van der Waals surface area contributed by atoms with Gasteiger partial charge in [0.05, 0.1) is 35.5 Å². The molecule has 1 aromatic carbocycles. The van der Waals surface area contributed by atoms with E-state index in [0.29, 0.717) is 32.1 Å². The number of aromatic nitrogens is 3. The number of rotatable bonds is 10. The van der Waals surface area contributed by atoms with Gasteiger partial charge in [0.25, 0.3) is 0 Å². The highest BCUT2D eigenvalue weighted by Gasteiger charge is 2.27. The molecule has 0 bridgehead atoms. The van der Waals surface area contributed by atoms with Crippen molar-refractivity contribution in [2.45, 2.75) is 41.6 Å². The summed E-state index contributed by atoms with van der Waals surface area (Å²) in [4.78, 5) is 37.5. The van der Waals surface area contributed by atoms with Crippen LogP contribution in [0.5, 0.6) is 5.75 Å². The molecule has 2 heterocycles. The van der Waals surface area contributed by atoms with E-state index in [9.17, 15) is 18.0 Å². The zero-order valence-electron chi connectivity index (χ0n) is 19.7. The highest BCUT2D eigenvalue weighted by Crippen LogP contribution is 2.36. The smallest absolute Gasteiger partial charge is 0.325 e. The number of hydrogen-bond acceptors (Lipinski definition) is 9. The maximum absolute atomic E-state index is 13.1. The number of anilines is 2. The van der Waals surface area contributed by atoms with Crippen LogP contribution in [0.1, 0.15) is 41.7 Å². The molecule has 4 N–H and O–H groups in total. The van der Waals surface area contributed by atoms with E-state index in [1.54, 1.807) is 30.6 Å². The number of ketones is 1. The third kappa shape index (κ3) is 6.84. The summed E-state index contributed by atoms with van der Waals surface area (Å²) in [7, 11) is -1.92. The Morgan fingerprint density at radius 3 is 2.69 bits per heavy atom. The Kier molecular flexibility index (Phi) is 8.28. The molecule has 192 valence electrons. The number of carbonyl (C=O) groups is 2. The van der Waals surface area contributed by atoms with Gasteiger partial charge in [0, 0.05) is 23.9 Å². The first-order valence-corrected chi connectivity index (χ1v) is 14.7. The normalized spacial score (nSPS) is 14.1. The first-order valence-electron chi connectivity index (χ1n) is 11.1. The number of urea groups is 1. The number of sulfonamides is 1. The summed E-state index contributed by atoms with van der Waals surface area (Å²) < 4.78 is 31.5. The second-order valence-electron chi connectivity index (χ2n) is 8.18. The van der Waals surface area contributed by atoms with Gasteiger partial charge in [-0.25, -0.2) is 27.9 Å². The number of hydrogen-bond donors (Lipinski definition) is 4. The number of Topliss-reactive ketones (excluding diaryl/α,β-unsaturated/α-hetero) is 1. The molecule has 2 aromatic heterocycles. The largest absolute Gasteiger partial charge is 0.497 e. The van der Waals surface area contributed by atoms with Crippen LogP contribution in [0.3, 0.4) is 0 Å². The molecule has 0 radical (unpaired) electrons. The lowest BCUT2D eigenvalue weighted by molar-refractivity contribution is 0.0923. The molecule has 0 unspecified atom stereocenters. The molecule has 1 saturated carbocycles. The Morgan fingerprint density at radius 2 is 2.03 bits per heavy atom. The summed E-state index contributed by atoms with van der Waals surface area (Å²) >= 11 is 2.45. The van der Waals surface area contributed by atoms with E-state index in [1.807, 2.05) is 0 Å². The summed E-state index contributed by atoms with van der Waals surface area (Å²) in [5.41, 5.74) is 1.23. The van der Waals surface area contributed by atoms with Crippen LogP contribution < -0.4 is 20.1 Å². The van der Waals surface area contributed by atoms with Gasteiger partial charge >= 0.3 is 6.03 Å². The quantitative estimate of drug-likeness (QED) is 0.275. The molecular formula is C22H26N6O5S3. The SMILES string of the molecule is COc1ccc(NC(=O)Nc2nc(CNS(C)(=O)=O)c(Sc3ncc[nH]3)s2)c(C(=O)C2CCCC2)c1. The molecule has 1 fully saturated rings. The Morgan fingerprint density at radius 1 is 1.25 bits per heavy atom. The van der Waals surface area contributed by atoms with Gasteiger partial charge < -0.3 is 15.0 Å². The molecule has 36 heavy (non-hydrogen) atoms. The van der Waals surface area contributed by atoms with Gasteiger partial charge in [-0.05, 0) is 42.8 Å². The summed E-state index contributed by atoms with van der Waals surface area (Å²) in [6, 6.07) is 4.39. The Labute approximate surface area is 216 Å². The molecule has 1 aliphatic carbocycles. The summed E-state index contributed by atoms with van der Waals surface area (Å²) in [6.07, 6.45) is 8.03. The van der Waals surface area contributed by atoms with Gasteiger partial charge in [0.15, 0.2) is 16.1 Å². The molecule has 0 aliphatic heterocycles. The number of carbonyl (C=O) groups excluding carboxylic acids is 2. The van der Waals surface area contributed by atoms with Crippen LogP contribution >= 0.6 is 23.1 Å². The number of nitrogens with one attached hydrogen (secondary N) is 4. The number of benzene rings is 1. The van der Waals surface area contributed by atoms with Crippen molar-refractivity contribution in [3.05, 3.63) is 41.9 Å². The van der Waals surface area contributed by atoms with Crippen molar-refractivity contribution in [1.82, 2.24) is 19.7 Å². The summed E-state index contributed by atoms with van der Waals surface area (Å²) in [6.45, 7) is -0.0415. The third-order valence-corrected chi connectivity index (χ3v) is 8.33. The molecule has 3 aromatic rings. The fourth-order valence-corrected chi connectivity index (χ4v) is 6.20. The van der Waals surface area contributed by atoms with Crippen molar-refractivity contribution in [3.8, 4) is 5.75 Å². The van der Waals surface area contributed by atoms with Crippen LogP contribution in [0.4, 0.5) is 15.6 Å². The Hall–Kier alpha value is -2.94. The molecule has 0 spiro atoms. The maximum atomic E-state index is 13.1. The first kappa shape index (κ1) is 26.1. The van der Waals surface area contributed by atoms with Crippen molar-refractivity contribution >= 4 is 55.8 Å². The molecule has 4 rings (SSSR count). The van der Waals surface area contributed by atoms with Crippen molar-refractivity contribution in [2.24, 2.45) is 5.92 Å². The maximum Gasteiger partial charge on any atom is 0.325 e. The summed E-state index contributed by atoms with van der Waals surface area (Å²) in [5, 5.41) is 6.30. The van der Waals surface area contributed by atoms with Crippen LogP contribution in [0.25, 0.3) is 0 Å². The second kappa shape index (κ2) is 11.4. The molecule has 14 heteroatoms. The highest BCUT2D eigenvalue weighted by molar-refractivity contribution is 8.01.